The first-order valence-electron chi connectivity index (χ1n) is 11.8. The van der Waals surface area contributed by atoms with Crippen LogP contribution in [-0.2, 0) is 14.8 Å². The Morgan fingerprint density at radius 1 is 1.09 bits per heavy atom. The summed E-state index contributed by atoms with van der Waals surface area (Å²) in [4.78, 5) is 13.3. The first-order valence-corrected chi connectivity index (χ1v) is 13.2. The fourth-order valence-corrected chi connectivity index (χ4v) is 6.36. The predicted octanol–water partition coefficient (Wildman–Crippen LogP) is 4.21. The van der Waals surface area contributed by atoms with E-state index in [1.54, 1.807) is 29.1 Å². The first-order chi connectivity index (χ1) is 16.6. The van der Waals surface area contributed by atoms with E-state index in [1.807, 2.05) is 39.8 Å². The van der Waals surface area contributed by atoms with Crippen molar-refractivity contribution in [3.8, 4) is 5.69 Å². The zero-order valence-electron chi connectivity index (χ0n) is 20.5. The van der Waals surface area contributed by atoms with E-state index in [-0.39, 0.29) is 23.7 Å². The molecule has 186 valence electrons. The Hall–Kier alpha value is -3.04. The Kier molecular flexibility index (Phi) is 7.10. The first kappa shape index (κ1) is 25.1. The van der Waals surface area contributed by atoms with Crippen LogP contribution in [0.5, 0.6) is 0 Å². The van der Waals surface area contributed by atoms with Gasteiger partial charge in [0, 0.05) is 30.3 Å². The number of aryl methyl sites for hydroxylation is 2. The minimum atomic E-state index is -3.59. The van der Waals surface area contributed by atoms with Crippen molar-refractivity contribution in [3.63, 3.8) is 0 Å². The highest BCUT2D eigenvalue weighted by Gasteiger charge is 2.33. The lowest BCUT2D eigenvalue weighted by Gasteiger charge is -2.31. The molecule has 0 radical (unpaired) electrons. The van der Waals surface area contributed by atoms with Crippen molar-refractivity contribution >= 4 is 15.9 Å². The number of amides is 1. The van der Waals surface area contributed by atoms with E-state index in [1.165, 1.54) is 16.4 Å². The van der Waals surface area contributed by atoms with Crippen LogP contribution in [-0.4, -0.2) is 41.5 Å². The Labute approximate surface area is 206 Å². The second kappa shape index (κ2) is 9.91. The summed E-state index contributed by atoms with van der Waals surface area (Å²) >= 11 is 0. The molecule has 7 nitrogen and oxygen atoms in total. The van der Waals surface area contributed by atoms with Gasteiger partial charge in [0.2, 0.25) is 15.9 Å². The smallest absolute Gasteiger partial charge is 0.243 e. The summed E-state index contributed by atoms with van der Waals surface area (Å²) in [5.41, 5.74) is 4.22. The van der Waals surface area contributed by atoms with Gasteiger partial charge in [0.25, 0.3) is 0 Å². The highest BCUT2D eigenvalue weighted by Crippen LogP contribution is 2.27. The van der Waals surface area contributed by atoms with Gasteiger partial charge in [-0.25, -0.2) is 17.5 Å². The van der Waals surface area contributed by atoms with E-state index in [4.69, 9.17) is 0 Å². The number of carbonyl (C=O) groups is 1. The molecule has 2 heterocycles. The van der Waals surface area contributed by atoms with Gasteiger partial charge in [-0.3, -0.25) is 4.79 Å². The number of piperidine rings is 1. The number of aromatic nitrogens is 2. The fourth-order valence-electron chi connectivity index (χ4n) is 4.69. The van der Waals surface area contributed by atoms with Crippen molar-refractivity contribution in [2.75, 3.05) is 13.1 Å². The molecule has 9 heteroatoms. The lowest BCUT2D eigenvalue weighted by molar-refractivity contribution is -0.126. The molecule has 1 saturated heterocycles. The fraction of sp³-hybridized carbons (Fsp3) is 0.385. The molecule has 1 aromatic heterocycles. The Morgan fingerprint density at radius 2 is 1.74 bits per heavy atom. The third-order valence-electron chi connectivity index (χ3n) is 6.72. The Bertz CT molecular complexity index is 1330. The zero-order chi connectivity index (χ0) is 25.3. The lowest BCUT2D eigenvalue weighted by Crippen LogP contribution is -2.43. The normalized spacial score (nSPS) is 16.3. The van der Waals surface area contributed by atoms with E-state index in [0.717, 1.165) is 28.1 Å². The van der Waals surface area contributed by atoms with Gasteiger partial charge in [-0.1, -0.05) is 17.7 Å². The number of nitrogens with one attached hydrogen (secondary N) is 1. The maximum Gasteiger partial charge on any atom is 0.243 e. The predicted molar refractivity (Wildman–Crippen MR) is 132 cm³/mol. The summed E-state index contributed by atoms with van der Waals surface area (Å²) in [7, 11) is -3.59. The maximum absolute atomic E-state index is 13.3. The molecule has 4 rings (SSSR count). The van der Waals surface area contributed by atoms with Crippen molar-refractivity contribution < 1.29 is 17.6 Å². The summed E-state index contributed by atoms with van der Waals surface area (Å²) < 4.78 is 42.7. The molecule has 3 aromatic rings. The largest absolute Gasteiger partial charge is 0.349 e. The summed E-state index contributed by atoms with van der Waals surface area (Å²) in [5, 5.41) is 7.47. The highest BCUT2D eigenvalue weighted by atomic mass is 32.2. The molecule has 0 spiro atoms. The number of carbonyl (C=O) groups excluding carboxylic acids is 1. The summed E-state index contributed by atoms with van der Waals surface area (Å²) in [6, 6.07) is 11.1. The quantitative estimate of drug-likeness (QED) is 0.552. The lowest BCUT2D eigenvalue weighted by atomic mass is 9.96. The van der Waals surface area contributed by atoms with Crippen molar-refractivity contribution in [1.82, 2.24) is 19.4 Å². The average Bonchev–Trinajstić information content (AvgIpc) is 3.20. The number of halogens is 1. The number of hydrogen-bond donors (Lipinski definition) is 1. The van der Waals surface area contributed by atoms with Gasteiger partial charge in [-0.05, 0) is 76.4 Å². The maximum atomic E-state index is 13.3. The van der Waals surface area contributed by atoms with Crippen LogP contribution in [0.25, 0.3) is 5.69 Å². The molecule has 0 saturated carbocycles. The molecule has 0 bridgehead atoms. The summed E-state index contributed by atoms with van der Waals surface area (Å²) in [5.74, 6) is -0.655. The van der Waals surface area contributed by atoms with Gasteiger partial charge >= 0.3 is 0 Å². The molecule has 1 fully saturated rings. The molecule has 35 heavy (non-hydrogen) atoms. The van der Waals surface area contributed by atoms with Crippen molar-refractivity contribution in [1.29, 1.82) is 0 Å². The molecular formula is C26H31FN4O3S. The van der Waals surface area contributed by atoms with Crippen molar-refractivity contribution in [3.05, 3.63) is 76.9 Å². The van der Waals surface area contributed by atoms with Gasteiger partial charge in [-0.2, -0.15) is 9.40 Å². The van der Waals surface area contributed by atoms with Crippen LogP contribution in [0.1, 0.15) is 48.2 Å². The van der Waals surface area contributed by atoms with Gasteiger partial charge in [0.05, 0.1) is 22.8 Å². The molecular weight excluding hydrogens is 467 g/mol. The van der Waals surface area contributed by atoms with Crippen LogP contribution in [0, 0.1) is 32.5 Å². The second-order valence-corrected chi connectivity index (χ2v) is 11.2. The van der Waals surface area contributed by atoms with Crippen molar-refractivity contribution in [2.45, 2.75) is 51.5 Å². The molecule has 1 unspecified atom stereocenters. The molecule has 1 amide bonds. The topological polar surface area (TPSA) is 84.3 Å². The van der Waals surface area contributed by atoms with E-state index >= 15 is 0 Å². The van der Waals surface area contributed by atoms with Crippen LogP contribution >= 0.6 is 0 Å². The standard InChI is InChI=1S/C26H31FN4O3S/c1-17-5-10-25(18(2)15-17)35(33,34)30-13-11-21(12-14-30)26(32)29-19(3)24-16-28-31(20(24)4)23-8-6-22(27)7-9-23/h5-10,15-16,19,21H,11-14H2,1-4H3,(H,29,32). The van der Waals surface area contributed by atoms with Crippen molar-refractivity contribution in [2.24, 2.45) is 5.92 Å². The third-order valence-corrected chi connectivity index (χ3v) is 8.78. The summed E-state index contributed by atoms with van der Waals surface area (Å²) in [6.07, 6.45) is 2.65. The zero-order valence-corrected chi connectivity index (χ0v) is 21.3. The third kappa shape index (κ3) is 5.16. The monoisotopic (exact) mass is 498 g/mol. The summed E-state index contributed by atoms with van der Waals surface area (Å²) in [6.45, 7) is 8.17. The molecule has 1 N–H and O–H groups in total. The molecule has 0 aliphatic carbocycles. The second-order valence-electron chi connectivity index (χ2n) is 9.25. The number of hydrogen-bond acceptors (Lipinski definition) is 4. The number of rotatable bonds is 6. The molecule has 1 aliphatic rings. The van der Waals surface area contributed by atoms with Crippen LogP contribution in [0.2, 0.25) is 0 Å². The van der Waals surface area contributed by atoms with Gasteiger partial charge in [0.15, 0.2) is 0 Å². The Balaban J connectivity index is 1.38. The van der Waals surface area contributed by atoms with Gasteiger partial charge < -0.3 is 5.32 Å². The number of nitrogens with zero attached hydrogens (tertiary/aromatic N) is 3. The molecule has 2 aromatic carbocycles. The van der Waals surface area contributed by atoms with E-state index in [2.05, 4.69) is 10.4 Å². The van der Waals surface area contributed by atoms with Gasteiger partial charge in [-0.15, -0.1) is 0 Å². The van der Waals surface area contributed by atoms with Crippen LogP contribution in [0.4, 0.5) is 4.39 Å². The van der Waals surface area contributed by atoms with Crippen LogP contribution in [0.3, 0.4) is 0 Å². The SMILES string of the molecule is Cc1ccc(S(=O)(=O)N2CCC(C(=O)NC(C)c3cnn(-c4ccc(F)cc4)c3C)CC2)c(C)c1. The average molecular weight is 499 g/mol. The van der Waals surface area contributed by atoms with Crippen LogP contribution < -0.4 is 5.32 Å². The van der Waals surface area contributed by atoms with E-state index in [0.29, 0.717) is 30.8 Å². The van der Waals surface area contributed by atoms with Crippen LogP contribution in [0.15, 0.2) is 53.6 Å². The molecule has 1 aliphatic heterocycles. The minimum Gasteiger partial charge on any atom is -0.349 e. The highest BCUT2D eigenvalue weighted by molar-refractivity contribution is 7.89. The van der Waals surface area contributed by atoms with E-state index < -0.39 is 10.0 Å². The number of benzene rings is 2. The Morgan fingerprint density at radius 3 is 2.37 bits per heavy atom. The number of sulfonamides is 1. The molecule has 1 atom stereocenters. The van der Waals surface area contributed by atoms with E-state index in [9.17, 15) is 17.6 Å². The minimum absolute atomic E-state index is 0.0880. The van der Waals surface area contributed by atoms with Gasteiger partial charge in [0.1, 0.15) is 5.82 Å².